The first-order chi connectivity index (χ1) is 26.0. The predicted octanol–water partition coefficient (Wildman–Crippen LogP) is -0.567. The van der Waals surface area contributed by atoms with Crippen molar-refractivity contribution in [2.75, 3.05) is 37.8 Å². The van der Waals surface area contributed by atoms with Crippen molar-refractivity contribution in [3.05, 3.63) is 36.9 Å². The molecule has 0 bridgehead atoms. The number of hydrogen-bond donors (Lipinski definition) is 12. The fourth-order valence-electron chi connectivity index (χ4n) is 4.60. The number of phosphoric ester groups is 3. The van der Waals surface area contributed by atoms with E-state index in [2.05, 4.69) is 47.0 Å². The Balaban J connectivity index is 0.000000930. The van der Waals surface area contributed by atoms with Gasteiger partial charge in [-0.1, -0.05) is 26.0 Å². The summed E-state index contributed by atoms with van der Waals surface area (Å²) in [7, 11) is -16.3. The first-order valence-electron chi connectivity index (χ1n) is 15.9. The highest BCUT2D eigenvalue weighted by Crippen LogP contribution is 2.61. The Morgan fingerprint density at radius 2 is 1.64 bits per heavy atom. The van der Waals surface area contributed by atoms with E-state index in [0.717, 1.165) is 17.2 Å². The second kappa shape index (κ2) is 19.9. The number of nitrogens with zero attached hydrogens (tertiary/aromatic N) is 4. The van der Waals surface area contributed by atoms with E-state index in [0.29, 0.717) is 12.3 Å². The Bertz CT molecular complexity index is 1930. The van der Waals surface area contributed by atoms with Crippen molar-refractivity contribution in [2.45, 2.75) is 50.9 Å². The Kier molecular flexibility index (Phi) is 16.7. The molecule has 1 saturated heterocycles. The van der Waals surface area contributed by atoms with Gasteiger partial charge in [0.2, 0.25) is 11.8 Å². The first kappa shape index (κ1) is 47.1. The zero-order chi connectivity index (χ0) is 42.1. The Morgan fingerprint density at radius 1 is 1.02 bits per heavy atom. The first-order valence-corrected chi connectivity index (χ1v) is 21.1. The molecule has 4 rings (SSSR count). The van der Waals surface area contributed by atoms with Crippen LogP contribution in [0.4, 0.5) is 5.82 Å². The number of ether oxygens (including phenoxy) is 1. The molecule has 1 aliphatic heterocycles. The van der Waals surface area contributed by atoms with Crippen molar-refractivity contribution in [1.82, 2.24) is 30.2 Å². The molecule has 56 heavy (non-hydrogen) atoms. The number of carbonyl (C=O) groups excluding carboxylic acids is 2. The maximum absolute atomic E-state index is 12.6. The van der Waals surface area contributed by atoms with E-state index in [1.165, 1.54) is 26.0 Å². The van der Waals surface area contributed by atoms with E-state index in [1.807, 2.05) is 0 Å². The zero-order valence-electron chi connectivity index (χ0n) is 29.4. The summed E-state index contributed by atoms with van der Waals surface area (Å²) in [5, 5.41) is 43.4. The van der Waals surface area contributed by atoms with Gasteiger partial charge in [-0.2, -0.15) is 16.9 Å². The molecule has 314 valence electrons. The van der Waals surface area contributed by atoms with Crippen LogP contribution in [0.25, 0.3) is 11.2 Å². The van der Waals surface area contributed by atoms with Crippen LogP contribution in [0.5, 0.6) is 11.5 Å². The molecule has 2 aromatic heterocycles. The molecule has 0 saturated carbocycles. The van der Waals surface area contributed by atoms with Gasteiger partial charge in [0.1, 0.15) is 36.3 Å². The third-order valence-electron chi connectivity index (χ3n) is 7.39. The minimum atomic E-state index is -5.54. The van der Waals surface area contributed by atoms with E-state index in [-0.39, 0.29) is 47.4 Å². The number of aliphatic hydroxyl groups excluding tert-OH is 2. The van der Waals surface area contributed by atoms with Crippen molar-refractivity contribution >= 4 is 64.9 Å². The largest absolute Gasteiger partial charge is 0.504 e. The molecule has 29 heteroatoms. The predicted molar refractivity (Wildman–Crippen MR) is 193 cm³/mol. The number of phenols is 2. The van der Waals surface area contributed by atoms with Gasteiger partial charge in [0, 0.05) is 30.7 Å². The van der Waals surface area contributed by atoms with Crippen LogP contribution in [-0.2, 0) is 45.9 Å². The number of benzene rings is 1. The molecule has 7 atom stereocenters. The van der Waals surface area contributed by atoms with Gasteiger partial charge in [-0.3, -0.25) is 27.7 Å². The van der Waals surface area contributed by atoms with E-state index in [4.69, 9.17) is 29.7 Å². The zero-order valence-corrected chi connectivity index (χ0v) is 33.0. The average molecular weight is 878 g/mol. The molecule has 2 unspecified atom stereocenters. The molecule has 12 N–H and O–H groups in total. The third kappa shape index (κ3) is 14.0. The van der Waals surface area contributed by atoms with Gasteiger partial charge < -0.3 is 61.1 Å². The summed E-state index contributed by atoms with van der Waals surface area (Å²) >= 11 is 3.95. The van der Waals surface area contributed by atoms with Crippen molar-refractivity contribution in [3.63, 3.8) is 0 Å². The lowest BCUT2D eigenvalue weighted by atomic mass is 9.87. The number of carbonyl (C=O) groups is 2. The highest BCUT2D eigenvalue weighted by atomic mass is 32.1. The number of phenolic OH excluding ortho intramolecular Hbond substituents is 2. The molecule has 25 nitrogen and oxygen atoms in total. The number of aromatic hydroxyl groups is 2. The SMILES string of the molecule is CC(C)(COP(=O)(O)OP(=O)(O)OC[C@H]1O[C@@H](n2cnc3c(N)ncnc32)[C@H](O)[C@@H]1OP(=O)(O)O)[C@@H](O)C(=O)NCCC(=O)NCCS.Oc1ccccc1O. The molecule has 3 heterocycles. The van der Waals surface area contributed by atoms with Gasteiger partial charge >= 0.3 is 23.5 Å². The maximum Gasteiger partial charge on any atom is 0.481 e. The lowest BCUT2D eigenvalue weighted by Crippen LogP contribution is -2.46. The fraction of sp³-hybridized carbons (Fsp3) is 0.519. The number of para-hydroxylation sites is 2. The number of thiol groups is 1. The Morgan fingerprint density at radius 3 is 2.23 bits per heavy atom. The molecule has 0 radical (unpaired) electrons. The number of aromatic nitrogens is 4. The normalized spacial score (nSPS) is 21.3. The number of nitrogens with two attached hydrogens (primary N) is 1. The highest BCUT2D eigenvalue weighted by molar-refractivity contribution is 7.80. The standard InChI is InChI=1S/C21H36N7O16P3S.C6H6O2/c1-21(2,16(31)19(32)24-4-3-12(29)23-5-6-48)8-41-47(38,39)44-46(36,37)40-7-11-15(43-45(33,34)35)14(30)20(42-11)28-10-27-13-17(22)25-9-26-18(13)28;7-5-3-1-2-4-6(5)8/h9-11,14-16,20,30-31,48H,3-8H2,1-2H3,(H,23,29)(H,24,32)(H,36,37)(H,38,39)(H2,22,25,26)(H2,33,34,35);1-4,7-8H/t11-,14-,15-,16+,20-;/m1./s1. The summed E-state index contributed by atoms with van der Waals surface area (Å²) in [5.41, 5.74) is 4.30. The molecular formula is C27H42N7O18P3S. The van der Waals surface area contributed by atoms with Gasteiger partial charge in [0.05, 0.1) is 19.5 Å². The number of amides is 2. The summed E-state index contributed by atoms with van der Waals surface area (Å²) < 4.78 is 61.7. The molecule has 1 aromatic carbocycles. The Labute approximate surface area is 323 Å². The van der Waals surface area contributed by atoms with Crippen LogP contribution in [0.1, 0.15) is 26.5 Å². The van der Waals surface area contributed by atoms with Crippen LogP contribution < -0.4 is 16.4 Å². The number of anilines is 1. The lowest BCUT2D eigenvalue weighted by Gasteiger charge is -2.30. The highest BCUT2D eigenvalue weighted by Gasteiger charge is 2.50. The van der Waals surface area contributed by atoms with Gasteiger partial charge in [-0.15, -0.1) is 0 Å². The summed E-state index contributed by atoms with van der Waals surface area (Å²) in [4.78, 5) is 74.6. The van der Waals surface area contributed by atoms with Gasteiger partial charge in [0.15, 0.2) is 29.2 Å². The minimum absolute atomic E-state index is 0.0363. The van der Waals surface area contributed by atoms with Crippen LogP contribution in [0.15, 0.2) is 36.9 Å². The Hall–Kier alpha value is -3.29. The number of rotatable bonds is 18. The third-order valence-corrected chi connectivity index (χ3v) is 10.7. The second-order valence-corrected chi connectivity index (χ2v) is 17.0. The van der Waals surface area contributed by atoms with Crippen LogP contribution in [0.2, 0.25) is 0 Å². The van der Waals surface area contributed by atoms with E-state index in [9.17, 15) is 53.1 Å². The summed E-state index contributed by atoms with van der Waals surface area (Å²) in [6.07, 6.45) is -6.74. The molecule has 1 aliphatic rings. The maximum atomic E-state index is 12.6. The topological polar surface area (TPSA) is 387 Å². The molecule has 3 aromatic rings. The average Bonchev–Trinajstić information content (AvgIpc) is 3.67. The van der Waals surface area contributed by atoms with E-state index < -0.39 is 78.6 Å². The van der Waals surface area contributed by atoms with E-state index in [1.54, 1.807) is 12.1 Å². The smallest absolute Gasteiger partial charge is 0.481 e. The fourth-order valence-corrected chi connectivity index (χ4v) is 7.54. The number of imidazole rings is 1. The number of nitrogen functional groups attached to an aromatic ring is 1. The molecule has 2 amide bonds. The number of fused-ring (bicyclic) bond motifs is 1. The minimum Gasteiger partial charge on any atom is -0.504 e. The quantitative estimate of drug-likeness (QED) is 0.0432. The summed E-state index contributed by atoms with van der Waals surface area (Å²) in [6, 6.07) is 6.15. The molecule has 1 fully saturated rings. The number of nitrogens with one attached hydrogen (secondary N) is 2. The molecular weight excluding hydrogens is 835 g/mol. The van der Waals surface area contributed by atoms with Crippen molar-refractivity contribution in [2.24, 2.45) is 5.41 Å². The number of phosphoric acid groups is 3. The van der Waals surface area contributed by atoms with Crippen LogP contribution in [-0.4, -0.2) is 128 Å². The lowest BCUT2D eigenvalue weighted by molar-refractivity contribution is -0.137. The van der Waals surface area contributed by atoms with Gasteiger partial charge in [-0.25, -0.2) is 28.6 Å². The molecule has 0 aliphatic carbocycles. The van der Waals surface area contributed by atoms with Crippen molar-refractivity contribution < 1.29 is 85.9 Å². The van der Waals surface area contributed by atoms with Crippen LogP contribution in [0, 0.1) is 5.41 Å². The number of aliphatic hydroxyl groups is 2. The number of hydrogen-bond acceptors (Lipinski definition) is 19. The van der Waals surface area contributed by atoms with Gasteiger partial charge in [0.25, 0.3) is 0 Å². The van der Waals surface area contributed by atoms with Crippen LogP contribution >= 0.6 is 36.1 Å². The van der Waals surface area contributed by atoms with E-state index >= 15 is 0 Å². The van der Waals surface area contributed by atoms with Gasteiger partial charge in [-0.05, 0) is 12.1 Å². The summed E-state index contributed by atoms with van der Waals surface area (Å²) in [6.45, 7) is 0.723. The summed E-state index contributed by atoms with van der Waals surface area (Å²) in [5.74, 6) is -1.10. The van der Waals surface area contributed by atoms with Crippen LogP contribution in [0.3, 0.4) is 0 Å². The molecule has 0 spiro atoms. The van der Waals surface area contributed by atoms with Crippen molar-refractivity contribution in [1.29, 1.82) is 0 Å². The monoisotopic (exact) mass is 877 g/mol. The van der Waals surface area contributed by atoms with Crippen molar-refractivity contribution in [3.8, 4) is 11.5 Å². The second-order valence-electron chi connectivity index (χ2n) is 12.3.